The second-order valence-electron chi connectivity index (χ2n) is 5.05. The van der Waals surface area contributed by atoms with Crippen molar-refractivity contribution in [3.05, 3.63) is 34.6 Å². The fraction of sp³-hybridized carbons (Fsp3) is 0.250. The number of aromatic nitrogens is 2. The maximum Gasteiger partial charge on any atom is 0.159 e. The van der Waals surface area contributed by atoms with Gasteiger partial charge in [-0.3, -0.25) is 0 Å². The fourth-order valence-corrected chi connectivity index (χ4v) is 2.72. The zero-order valence-electron chi connectivity index (χ0n) is 13.2. The van der Waals surface area contributed by atoms with E-state index in [2.05, 4.69) is 27.4 Å². The maximum atomic E-state index is 8.82. The fourth-order valence-electron chi connectivity index (χ4n) is 2.19. The van der Waals surface area contributed by atoms with Crippen molar-refractivity contribution in [2.45, 2.75) is 12.8 Å². The van der Waals surface area contributed by atoms with Crippen LogP contribution in [0.25, 0.3) is 0 Å². The molecule has 7 nitrogen and oxygen atoms in total. The highest BCUT2D eigenvalue weighted by Crippen LogP contribution is 2.30. The number of nitrogens with zero attached hydrogens (tertiary/aromatic N) is 5. The van der Waals surface area contributed by atoms with Gasteiger partial charge in [-0.2, -0.15) is 10.5 Å². The van der Waals surface area contributed by atoms with Crippen LogP contribution in [0.3, 0.4) is 0 Å². The van der Waals surface area contributed by atoms with Crippen LogP contribution in [-0.4, -0.2) is 23.1 Å². The molecule has 1 heterocycles. The molecule has 0 spiro atoms. The Morgan fingerprint density at radius 3 is 2.20 bits per heavy atom. The summed E-state index contributed by atoms with van der Waals surface area (Å²) in [5.41, 5.74) is 7.14. The summed E-state index contributed by atoms with van der Waals surface area (Å²) >= 11 is 12.0. The Labute approximate surface area is 155 Å². The minimum Gasteiger partial charge on any atom is -0.393 e. The Morgan fingerprint density at radius 2 is 1.64 bits per heavy atom. The summed E-state index contributed by atoms with van der Waals surface area (Å²) in [6.45, 7) is 0.837. The van der Waals surface area contributed by atoms with E-state index < -0.39 is 0 Å². The van der Waals surface area contributed by atoms with Gasteiger partial charge < -0.3 is 16.0 Å². The molecule has 0 unspecified atom stereocenters. The lowest BCUT2D eigenvalue weighted by Crippen LogP contribution is -2.27. The molecule has 1 aromatic carbocycles. The smallest absolute Gasteiger partial charge is 0.159 e. The number of anilines is 4. The van der Waals surface area contributed by atoms with E-state index in [9.17, 15) is 0 Å². The average Bonchev–Trinajstić information content (AvgIpc) is 2.56. The van der Waals surface area contributed by atoms with Crippen molar-refractivity contribution >= 4 is 46.2 Å². The van der Waals surface area contributed by atoms with Crippen LogP contribution in [0.15, 0.2) is 24.5 Å². The standard InChI is InChI=1S/C16H15Cl2N7/c17-11-7-12(18)9-13(8-11)24-15-14(21)16(23-10-22-15)25(5-1-3-19)6-2-4-20/h7-10H,1-2,5-6,21H2,(H,22,23,24). The second-order valence-corrected chi connectivity index (χ2v) is 5.92. The van der Waals surface area contributed by atoms with Crippen LogP contribution in [0, 0.1) is 22.7 Å². The maximum absolute atomic E-state index is 8.82. The Balaban J connectivity index is 2.30. The van der Waals surface area contributed by atoms with E-state index in [1.807, 2.05) is 0 Å². The molecule has 3 N–H and O–H groups in total. The minimum absolute atomic E-state index is 0.293. The first-order valence-electron chi connectivity index (χ1n) is 7.37. The van der Waals surface area contributed by atoms with Crippen LogP contribution < -0.4 is 16.0 Å². The molecular weight excluding hydrogens is 361 g/mol. The largest absolute Gasteiger partial charge is 0.393 e. The quantitative estimate of drug-likeness (QED) is 0.756. The molecule has 25 heavy (non-hydrogen) atoms. The first-order chi connectivity index (χ1) is 12.0. The SMILES string of the molecule is N#CCCN(CCC#N)c1ncnc(Nc2cc(Cl)cc(Cl)c2)c1N. The van der Waals surface area contributed by atoms with Gasteiger partial charge in [0.2, 0.25) is 0 Å². The number of nitriles is 2. The van der Waals surface area contributed by atoms with Crippen molar-refractivity contribution in [1.82, 2.24) is 9.97 Å². The van der Waals surface area contributed by atoms with Gasteiger partial charge in [-0.1, -0.05) is 23.2 Å². The molecule has 0 bridgehead atoms. The highest BCUT2D eigenvalue weighted by molar-refractivity contribution is 6.35. The van der Waals surface area contributed by atoms with E-state index in [4.69, 9.17) is 39.5 Å². The first kappa shape index (κ1) is 18.6. The number of halogens is 2. The van der Waals surface area contributed by atoms with Crippen molar-refractivity contribution < 1.29 is 0 Å². The van der Waals surface area contributed by atoms with Gasteiger partial charge in [0.25, 0.3) is 0 Å². The number of rotatable bonds is 7. The molecule has 0 saturated carbocycles. The highest BCUT2D eigenvalue weighted by atomic mass is 35.5. The van der Waals surface area contributed by atoms with Crippen molar-refractivity contribution in [3.8, 4) is 12.1 Å². The molecule has 0 aliphatic rings. The van der Waals surface area contributed by atoms with E-state index in [0.717, 1.165) is 0 Å². The van der Waals surface area contributed by atoms with Gasteiger partial charge in [0.1, 0.15) is 12.0 Å². The predicted octanol–water partition coefficient (Wildman–Crippen LogP) is 3.74. The molecule has 0 amide bonds. The lowest BCUT2D eigenvalue weighted by atomic mass is 10.3. The molecule has 0 atom stereocenters. The van der Waals surface area contributed by atoms with Crippen LogP contribution >= 0.6 is 23.2 Å². The van der Waals surface area contributed by atoms with Gasteiger partial charge in [-0.15, -0.1) is 0 Å². The van der Waals surface area contributed by atoms with Crippen LogP contribution in [0.2, 0.25) is 10.0 Å². The molecular formula is C16H15Cl2N7. The average molecular weight is 376 g/mol. The van der Waals surface area contributed by atoms with Crippen LogP contribution in [-0.2, 0) is 0 Å². The van der Waals surface area contributed by atoms with Crippen LogP contribution in [0.4, 0.5) is 23.0 Å². The normalized spacial score (nSPS) is 9.92. The Hall–Kier alpha value is -2.74. The zero-order valence-corrected chi connectivity index (χ0v) is 14.7. The van der Waals surface area contributed by atoms with E-state index in [-0.39, 0.29) is 0 Å². The summed E-state index contributed by atoms with van der Waals surface area (Å²) in [4.78, 5) is 10.1. The molecule has 128 valence electrons. The summed E-state index contributed by atoms with van der Waals surface area (Å²) in [6, 6.07) is 9.16. The third kappa shape index (κ3) is 5.12. The number of benzene rings is 1. The lowest BCUT2D eigenvalue weighted by molar-refractivity contribution is 0.782. The molecule has 0 fully saturated rings. The van der Waals surface area contributed by atoms with E-state index in [1.54, 1.807) is 23.1 Å². The van der Waals surface area contributed by atoms with Crippen molar-refractivity contribution in [3.63, 3.8) is 0 Å². The number of hydrogen-bond acceptors (Lipinski definition) is 7. The third-order valence-corrected chi connectivity index (χ3v) is 3.71. The monoisotopic (exact) mass is 375 g/mol. The van der Waals surface area contributed by atoms with E-state index in [0.29, 0.717) is 59.0 Å². The summed E-state index contributed by atoms with van der Waals surface area (Å²) < 4.78 is 0. The minimum atomic E-state index is 0.293. The predicted molar refractivity (Wildman–Crippen MR) is 98.9 cm³/mol. The second kappa shape index (κ2) is 8.93. The van der Waals surface area contributed by atoms with Crippen LogP contribution in [0.1, 0.15) is 12.8 Å². The molecule has 1 aromatic heterocycles. The van der Waals surface area contributed by atoms with Crippen molar-refractivity contribution in [1.29, 1.82) is 10.5 Å². The molecule has 0 saturated heterocycles. The van der Waals surface area contributed by atoms with E-state index >= 15 is 0 Å². The highest BCUT2D eigenvalue weighted by Gasteiger charge is 2.15. The summed E-state index contributed by atoms with van der Waals surface area (Å²) in [5, 5.41) is 21.6. The van der Waals surface area contributed by atoms with Crippen molar-refractivity contribution in [2.24, 2.45) is 0 Å². The van der Waals surface area contributed by atoms with Gasteiger partial charge in [0, 0.05) is 28.8 Å². The summed E-state index contributed by atoms with van der Waals surface area (Å²) in [7, 11) is 0. The number of hydrogen-bond donors (Lipinski definition) is 2. The first-order valence-corrected chi connectivity index (χ1v) is 8.13. The van der Waals surface area contributed by atoms with Crippen LogP contribution in [0.5, 0.6) is 0 Å². The Bertz CT molecular complexity index is 788. The Morgan fingerprint density at radius 1 is 1.04 bits per heavy atom. The third-order valence-electron chi connectivity index (χ3n) is 3.27. The zero-order chi connectivity index (χ0) is 18.2. The van der Waals surface area contributed by atoms with Gasteiger partial charge in [-0.25, -0.2) is 9.97 Å². The van der Waals surface area contributed by atoms with E-state index in [1.165, 1.54) is 6.33 Å². The lowest BCUT2D eigenvalue weighted by Gasteiger charge is -2.23. The molecule has 0 radical (unpaired) electrons. The summed E-state index contributed by atoms with van der Waals surface area (Å²) in [6.07, 6.45) is 1.95. The Kier molecular flexibility index (Phi) is 6.64. The van der Waals surface area contributed by atoms with Gasteiger partial charge in [-0.05, 0) is 18.2 Å². The number of nitrogen functional groups attached to an aromatic ring is 1. The molecule has 2 rings (SSSR count). The molecule has 2 aromatic rings. The number of nitrogens with two attached hydrogens (primary N) is 1. The van der Waals surface area contributed by atoms with Gasteiger partial charge in [0.15, 0.2) is 11.6 Å². The molecule has 0 aliphatic carbocycles. The summed E-state index contributed by atoms with van der Waals surface area (Å²) in [5.74, 6) is 0.860. The number of nitrogens with one attached hydrogen (secondary N) is 1. The van der Waals surface area contributed by atoms with Gasteiger partial charge >= 0.3 is 0 Å². The molecule has 9 heteroatoms. The van der Waals surface area contributed by atoms with Gasteiger partial charge in [0.05, 0.1) is 25.0 Å². The topological polar surface area (TPSA) is 115 Å². The van der Waals surface area contributed by atoms with Crippen molar-refractivity contribution in [2.75, 3.05) is 29.0 Å². The molecule has 0 aliphatic heterocycles.